The van der Waals surface area contributed by atoms with Crippen molar-refractivity contribution < 1.29 is 4.79 Å². The summed E-state index contributed by atoms with van der Waals surface area (Å²) in [5.41, 5.74) is 0.405. The number of aromatic nitrogens is 3. The number of amides is 1. The van der Waals surface area contributed by atoms with Gasteiger partial charge >= 0.3 is 0 Å². The number of likely N-dealkylation sites (N-methyl/N-ethyl adjacent to an activating group) is 1. The smallest absolute Gasteiger partial charge is 0.276 e. The number of nitrogens with zero attached hydrogens (tertiary/aromatic N) is 5. The third-order valence-corrected chi connectivity index (χ3v) is 3.81. The van der Waals surface area contributed by atoms with Gasteiger partial charge in [0.1, 0.15) is 0 Å². The van der Waals surface area contributed by atoms with E-state index in [1.165, 1.54) is 6.20 Å². The summed E-state index contributed by atoms with van der Waals surface area (Å²) < 4.78 is 0. The molecule has 2 rings (SSSR count). The Bertz CT molecular complexity index is 411. The van der Waals surface area contributed by atoms with Gasteiger partial charge < -0.3 is 14.7 Å². The number of carbonyl (C=O) groups is 1. The maximum atomic E-state index is 12.6. The van der Waals surface area contributed by atoms with Crippen molar-refractivity contribution in [3.8, 4) is 0 Å². The van der Waals surface area contributed by atoms with Crippen LogP contribution in [0.25, 0.3) is 0 Å². The fourth-order valence-corrected chi connectivity index (χ4v) is 2.52. The van der Waals surface area contributed by atoms with E-state index in [0.29, 0.717) is 11.7 Å². The molecule has 1 aliphatic heterocycles. The highest BCUT2D eigenvalue weighted by Gasteiger charge is 2.28. The van der Waals surface area contributed by atoms with Crippen LogP contribution >= 0.6 is 0 Å². The van der Waals surface area contributed by atoms with Crippen molar-refractivity contribution in [2.24, 2.45) is 0 Å². The zero-order valence-corrected chi connectivity index (χ0v) is 12.5. The molecule has 0 unspecified atom stereocenters. The Morgan fingerprint density at radius 3 is 2.65 bits per heavy atom. The van der Waals surface area contributed by atoms with Crippen molar-refractivity contribution in [1.82, 2.24) is 30.1 Å². The van der Waals surface area contributed by atoms with Crippen molar-refractivity contribution in [2.75, 3.05) is 47.3 Å². The van der Waals surface area contributed by atoms with Crippen molar-refractivity contribution in [1.29, 1.82) is 0 Å². The van der Waals surface area contributed by atoms with Crippen LogP contribution in [0.2, 0.25) is 0 Å². The third kappa shape index (κ3) is 3.77. The molecule has 1 aromatic heterocycles. The number of piperidine rings is 1. The molecule has 0 bridgehead atoms. The van der Waals surface area contributed by atoms with E-state index in [1.807, 2.05) is 19.0 Å². The van der Waals surface area contributed by atoms with E-state index in [0.717, 1.165) is 39.0 Å². The van der Waals surface area contributed by atoms with Crippen LogP contribution in [-0.4, -0.2) is 89.4 Å². The number of aromatic amines is 1. The van der Waals surface area contributed by atoms with Crippen LogP contribution in [0.1, 0.15) is 23.3 Å². The van der Waals surface area contributed by atoms with Crippen LogP contribution in [0.5, 0.6) is 0 Å². The molecule has 1 saturated heterocycles. The molecular formula is C13H24N6O. The van der Waals surface area contributed by atoms with Gasteiger partial charge in [-0.3, -0.25) is 4.79 Å². The van der Waals surface area contributed by atoms with Crippen LogP contribution in [0.4, 0.5) is 0 Å². The maximum Gasteiger partial charge on any atom is 0.276 e. The second-order valence-electron chi connectivity index (χ2n) is 5.69. The number of nitrogens with one attached hydrogen (secondary N) is 1. The average molecular weight is 280 g/mol. The normalized spacial score (nSPS) is 17.6. The van der Waals surface area contributed by atoms with Gasteiger partial charge in [0, 0.05) is 19.1 Å². The predicted octanol–water partition coefficient (Wildman–Crippen LogP) is -0.0973. The van der Waals surface area contributed by atoms with Gasteiger partial charge in [-0.15, -0.1) is 0 Å². The summed E-state index contributed by atoms with van der Waals surface area (Å²) in [6.07, 6.45) is 3.54. The highest BCUT2D eigenvalue weighted by Crippen LogP contribution is 2.17. The number of H-pyrrole nitrogens is 1. The number of likely N-dealkylation sites (tertiary alicyclic amines) is 1. The summed E-state index contributed by atoms with van der Waals surface area (Å²) in [6, 6.07) is 0.301. The molecule has 2 heterocycles. The topological polar surface area (TPSA) is 68.4 Å². The minimum absolute atomic E-state index is 0.0184. The van der Waals surface area contributed by atoms with Crippen molar-refractivity contribution in [3.05, 3.63) is 11.9 Å². The van der Waals surface area contributed by atoms with Gasteiger partial charge in [0.15, 0.2) is 5.69 Å². The van der Waals surface area contributed by atoms with Crippen LogP contribution in [0.15, 0.2) is 6.20 Å². The van der Waals surface area contributed by atoms with Gasteiger partial charge in [-0.05, 0) is 47.1 Å². The molecule has 7 heteroatoms. The van der Waals surface area contributed by atoms with E-state index in [-0.39, 0.29) is 5.91 Å². The molecule has 7 nitrogen and oxygen atoms in total. The summed E-state index contributed by atoms with van der Waals surface area (Å²) in [7, 11) is 6.17. The summed E-state index contributed by atoms with van der Waals surface area (Å²) in [4.78, 5) is 18.9. The number of rotatable bonds is 5. The Hall–Kier alpha value is -1.47. The van der Waals surface area contributed by atoms with E-state index >= 15 is 0 Å². The highest BCUT2D eigenvalue weighted by atomic mass is 16.2. The molecule has 0 aromatic carbocycles. The molecule has 1 aliphatic rings. The zero-order valence-electron chi connectivity index (χ0n) is 12.5. The SMILES string of the molecule is CN(C)CCN(C(=O)c1cn[nH]n1)C1CCN(C)CC1. The van der Waals surface area contributed by atoms with Crippen molar-refractivity contribution in [2.45, 2.75) is 18.9 Å². The maximum absolute atomic E-state index is 12.6. The monoisotopic (exact) mass is 280 g/mol. The van der Waals surface area contributed by atoms with Crippen LogP contribution < -0.4 is 0 Å². The first kappa shape index (κ1) is 14.9. The Morgan fingerprint density at radius 2 is 2.10 bits per heavy atom. The zero-order chi connectivity index (χ0) is 14.5. The van der Waals surface area contributed by atoms with E-state index in [4.69, 9.17) is 0 Å². The lowest BCUT2D eigenvalue weighted by molar-refractivity contribution is 0.0569. The molecule has 1 fully saturated rings. The van der Waals surface area contributed by atoms with E-state index in [2.05, 4.69) is 32.3 Å². The van der Waals surface area contributed by atoms with Crippen LogP contribution in [0.3, 0.4) is 0 Å². The number of hydrogen-bond donors (Lipinski definition) is 1. The molecule has 1 amide bonds. The lowest BCUT2D eigenvalue weighted by atomic mass is 10.0. The lowest BCUT2D eigenvalue weighted by Crippen LogP contribution is -2.48. The fraction of sp³-hybridized carbons (Fsp3) is 0.769. The molecule has 0 saturated carbocycles. The minimum Gasteiger partial charge on any atom is -0.333 e. The van der Waals surface area contributed by atoms with Gasteiger partial charge in [0.05, 0.1) is 6.20 Å². The van der Waals surface area contributed by atoms with Crippen molar-refractivity contribution >= 4 is 5.91 Å². The third-order valence-electron chi connectivity index (χ3n) is 3.81. The number of hydrogen-bond acceptors (Lipinski definition) is 5. The van der Waals surface area contributed by atoms with Gasteiger partial charge in [-0.1, -0.05) is 0 Å². The molecule has 20 heavy (non-hydrogen) atoms. The Balaban J connectivity index is 2.05. The molecule has 1 N–H and O–H groups in total. The summed E-state index contributed by atoms with van der Waals surface area (Å²) in [6.45, 7) is 3.66. The second-order valence-corrected chi connectivity index (χ2v) is 5.69. The van der Waals surface area contributed by atoms with Crippen LogP contribution in [0, 0.1) is 0 Å². The standard InChI is InChI=1S/C13H24N6O/c1-17(2)8-9-19(11-4-6-18(3)7-5-11)13(20)12-10-14-16-15-12/h10-11H,4-9H2,1-3H3,(H,14,15,16). The van der Waals surface area contributed by atoms with E-state index < -0.39 is 0 Å². The van der Waals surface area contributed by atoms with E-state index in [9.17, 15) is 4.79 Å². The average Bonchev–Trinajstić information content (AvgIpc) is 2.94. The van der Waals surface area contributed by atoms with Crippen molar-refractivity contribution in [3.63, 3.8) is 0 Å². The summed E-state index contributed by atoms with van der Waals surface area (Å²) in [5.74, 6) is -0.0184. The largest absolute Gasteiger partial charge is 0.333 e. The van der Waals surface area contributed by atoms with E-state index in [1.54, 1.807) is 0 Å². The molecular weight excluding hydrogens is 256 g/mol. The molecule has 112 valence electrons. The van der Waals surface area contributed by atoms with Gasteiger partial charge in [0.25, 0.3) is 5.91 Å². The highest BCUT2D eigenvalue weighted by molar-refractivity contribution is 5.92. The first-order valence-corrected chi connectivity index (χ1v) is 7.08. The Kier molecular flexibility index (Phi) is 5.08. The predicted molar refractivity (Wildman–Crippen MR) is 76.5 cm³/mol. The fourth-order valence-electron chi connectivity index (χ4n) is 2.52. The Morgan fingerprint density at radius 1 is 1.40 bits per heavy atom. The summed E-state index contributed by atoms with van der Waals surface area (Å²) in [5, 5.41) is 10.2. The molecule has 0 radical (unpaired) electrons. The first-order valence-electron chi connectivity index (χ1n) is 7.08. The Labute approximate surface area is 119 Å². The summed E-state index contributed by atoms with van der Waals surface area (Å²) >= 11 is 0. The second kappa shape index (κ2) is 6.81. The van der Waals surface area contributed by atoms with Gasteiger partial charge in [0.2, 0.25) is 0 Å². The van der Waals surface area contributed by atoms with Gasteiger partial charge in [-0.2, -0.15) is 15.4 Å². The molecule has 0 atom stereocenters. The van der Waals surface area contributed by atoms with Gasteiger partial charge in [-0.25, -0.2) is 0 Å². The molecule has 1 aromatic rings. The number of carbonyl (C=O) groups excluding carboxylic acids is 1. The molecule has 0 spiro atoms. The lowest BCUT2D eigenvalue weighted by Gasteiger charge is -2.37. The minimum atomic E-state index is -0.0184. The quantitative estimate of drug-likeness (QED) is 0.816. The van der Waals surface area contributed by atoms with Crippen LogP contribution in [-0.2, 0) is 0 Å². The first-order chi connectivity index (χ1) is 9.58. The molecule has 0 aliphatic carbocycles.